The lowest BCUT2D eigenvalue weighted by Crippen LogP contribution is -2.29. The van der Waals surface area contributed by atoms with Crippen LogP contribution < -0.4 is 21.4 Å². The first-order chi connectivity index (χ1) is 15.8. The molecule has 0 saturated carbocycles. The minimum atomic E-state index is -0.570. The van der Waals surface area contributed by atoms with Crippen molar-refractivity contribution < 1.29 is 9.84 Å². The van der Waals surface area contributed by atoms with Crippen LogP contribution in [0.2, 0.25) is 5.02 Å². The number of H-pyrrole nitrogens is 1. The number of methoxy groups -OCH3 is 1. The van der Waals surface area contributed by atoms with Crippen LogP contribution in [0.25, 0.3) is 11.2 Å². The number of nitrogens with one attached hydrogen (secondary N) is 2. The van der Waals surface area contributed by atoms with Gasteiger partial charge in [-0.25, -0.2) is 10.2 Å². The number of fused-ring (bicyclic) bond motifs is 1. The number of phenols is 1. The second-order valence-electron chi connectivity index (χ2n) is 7.06. The Morgan fingerprint density at radius 2 is 2.03 bits per heavy atom. The van der Waals surface area contributed by atoms with E-state index >= 15 is 0 Å². The summed E-state index contributed by atoms with van der Waals surface area (Å²) >= 11 is 9.25. The molecule has 2 aromatic heterocycles. The SMILES string of the molecule is COc1cc(C=NNc2nc3c(c(=O)[nH]c(=O)n3C)n2Cc2ccc(Cl)cc2)cc(Br)c1O. The first-order valence-corrected chi connectivity index (χ1v) is 10.7. The standard InChI is InChI=1S/C21H18BrClN6O4/c1-28-18-16(19(31)26-21(28)32)29(10-11-3-5-13(23)6-4-11)20(25-18)27-24-9-12-7-14(22)17(30)15(8-12)33-2/h3-9,30H,10H2,1-2H3,(H,25,27)(H,26,31,32). The van der Waals surface area contributed by atoms with Crippen LogP contribution in [0.3, 0.4) is 0 Å². The quantitative estimate of drug-likeness (QED) is 0.258. The summed E-state index contributed by atoms with van der Waals surface area (Å²) in [5.74, 6) is 0.516. The molecule has 2 heterocycles. The predicted molar refractivity (Wildman–Crippen MR) is 130 cm³/mol. The fourth-order valence-corrected chi connectivity index (χ4v) is 3.82. The summed E-state index contributed by atoms with van der Waals surface area (Å²) in [5, 5.41) is 14.8. The van der Waals surface area contributed by atoms with E-state index in [9.17, 15) is 14.7 Å². The number of aromatic amines is 1. The highest BCUT2D eigenvalue weighted by atomic mass is 79.9. The number of anilines is 1. The van der Waals surface area contributed by atoms with Gasteiger partial charge in [0.05, 0.1) is 24.3 Å². The van der Waals surface area contributed by atoms with Gasteiger partial charge in [0.2, 0.25) is 5.95 Å². The molecule has 0 fully saturated rings. The summed E-state index contributed by atoms with van der Waals surface area (Å²) in [6.07, 6.45) is 1.50. The number of imidazole rings is 1. The molecule has 0 atom stereocenters. The van der Waals surface area contributed by atoms with Crippen LogP contribution in [-0.4, -0.2) is 37.5 Å². The zero-order valence-electron chi connectivity index (χ0n) is 17.5. The molecule has 0 saturated heterocycles. The summed E-state index contributed by atoms with van der Waals surface area (Å²) in [7, 11) is 2.97. The lowest BCUT2D eigenvalue weighted by Gasteiger charge is -2.09. The van der Waals surface area contributed by atoms with E-state index in [4.69, 9.17) is 16.3 Å². The number of aryl methyl sites for hydroxylation is 1. The molecule has 4 rings (SSSR count). The summed E-state index contributed by atoms with van der Waals surface area (Å²) < 4.78 is 8.47. The lowest BCUT2D eigenvalue weighted by atomic mass is 10.2. The average Bonchev–Trinajstić information content (AvgIpc) is 3.14. The molecule has 0 aliphatic heterocycles. The Morgan fingerprint density at radius 3 is 2.73 bits per heavy atom. The third-order valence-corrected chi connectivity index (χ3v) is 5.77. The third kappa shape index (κ3) is 4.50. The maximum Gasteiger partial charge on any atom is 0.329 e. The minimum absolute atomic E-state index is 0.0208. The fourth-order valence-electron chi connectivity index (χ4n) is 3.23. The van der Waals surface area contributed by atoms with Gasteiger partial charge in [-0.2, -0.15) is 10.1 Å². The van der Waals surface area contributed by atoms with Gasteiger partial charge in [0.1, 0.15) is 0 Å². The van der Waals surface area contributed by atoms with Crippen molar-refractivity contribution in [2.24, 2.45) is 12.1 Å². The van der Waals surface area contributed by atoms with Crippen LogP contribution in [-0.2, 0) is 13.6 Å². The van der Waals surface area contributed by atoms with Gasteiger partial charge in [-0.3, -0.25) is 18.9 Å². The maximum atomic E-state index is 12.6. The van der Waals surface area contributed by atoms with Gasteiger partial charge in [0.15, 0.2) is 22.7 Å². The van der Waals surface area contributed by atoms with E-state index in [1.807, 2.05) is 12.1 Å². The summed E-state index contributed by atoms with van der Waals surface area (Å²) in [6, 6.07) is 10.4. The first-order valence-electron chi connectivity index (χ1n) is 9.58. The molecule has 0 spiro atoms. The Balaban J connectivity index is 1.76. The normalized spacial score (nSPS) is 11.4. The van der Waals surface area contributed by atoms with E-state index in [-0.39, 0.29) is 35.2 Å². The van der Waals surface area contributed by atoms with Crippen molar-refractivity contribution in [3.8, 4) is 11.5 Å². The fraction of sp³-hybridized carbons (Fsp3) is 0.143. The monoisotopic (exact) mass is 532 g/mol. The van der Waals surface area contributed by atoms with Crippen molar-refractivity contribution in [1.82, 2.24) is 19.1 Å². The Bertz CT molecular complexity index is 1490. The number of ether oxygens (including phenoxy) is 1. The molecule has 0 bridgehead atoms. The van der Waals surface area contributed by atoms with Crippen LogP contribution >= 0.6 is 27.5 Å². The Labute approximate surface area is 200 Å². The van der Waals surface area contributed by atoms with Gasteiger partial charge in [-0.05, 0) is 51.3 Å². The number of nitrogens with zero attached hydrogens (tertiary/aromatic N) is 4. The number of aromatic hydroxyl groups is 1. The summed E-state index contributed by atoms with van der Waals surface area (Å²) in [4.78, 5) is 31.4. The smallest absolute Gasteiger partial charge is 0.329 e. The largest absolute Gasteiger partial charge is 0.503 e. The highest BCUT2D eigenvalue weighted by Crippen LogP contribution is 2.34. The number of phenolic OH excluding ortho intramolecular Hbond substituents is 1. The average molecular weight is 534 g/mol. The topological polar surface area (TPSA) is 127 Å². The van der Waals surface area contributed by atoms with Gasteiger partial charge in [-0.1, -0.05) is 23.7 Å². The van der Waals surface area contributed by atoms with E-state index in [2.05, 4.69) is 36.4 Å². The molecule has 33 heavy (non-hydrogen) atoms. The van der Waals surface area contributed by atoms with Crippen molar-refractivity contribution in [2.75, 3.05) is 12.5 Å². The van der Waals surface area contributed by atoms with E-state index in [1.54, 1.807) is 28.8 Å². The highest BCUT2D eigenvalue weighted by molar-refractivity contribution is 9.10. The molecule has 10 nitrogen and oxygen atoms in total. The van der Waals surface area contributed by atoms with E-state index in [0.717, 1.165) is 5.56 Å². The number of hydrogen-bond acceptors (Lipinski definition) is 7. The van der Waals surface area contributed by atoms with Crippen molar-refractivity contribution in [3.05, 3.63) is 77.9 Å². The lowest BCUT2D eigenvalue weighted by molar-refractivity contribution is 0.372. The molecule has 3 N–H and O–H groups in total. The molecular formula is C21H18BrClN6O4. The highest BCUT2D eigenvalue weighted by Gasteiger charge is 2.17. The number of hydrazone groups is 1. The number of aromatic nitrogens is 4. The Morgan fingerprint density at radius 1 is 1.30 bits per heavy atom. The predicted octanol–water partition coefficient (Wildman–Crippen LogP) is 3.05. The van der Waals surface area contributed by atoms with Crippen molar-refractivity contribution in [3.63, 3.8) is 0 Å². The van der Waals surface area contributed by atoms with Crippen molar-refractivity contribution >= 4 is 50.9 Å². The van der Waals surface area contributed by atoms with E-state index in [0.29, 0.717) is 15.1 Å². The second-order valence-corrected chi connectivity index (χ2v) is 8.35. The third-order valence-electron chi connectivity index (χ3n) is 4.91. The van der Waals surface area contributed by atoms with Crippen molar-refractivity contribution in [2.45, 2.75) is 6.54 Å². The van der Waals surface area contributed by atoms with Gasteiger partial charge >= 0.3 is 5.69 Å². The molecule has 4 aromatic rings. The summed E-state index contributed by atoms with van der Waals surface area (Å²) in [6.45, 7) is 0.283. The van der Waals surface area contributed by atoms with E-state index < -0.39 is 11.2 Å². The number of rotatable bonds is 6. The Kier molecular flexibility index (Phi) is 6.25. The van der Waals surface area contributed by atoms with Gasteiger partial charge in [0.25, 0.3) is 5.56 Å². The van der Waals surface area contributed by atoms with E-state index in [1.165, 1.54) is 24.9 Å². The van der Waals surface area contributed by atoms with Crippen LogP contribution in [0.5, 0.6) is 11.5 Å². The molecule has 0 unspecified atom stereocenters. The van der Waals surface area contributed by atoms with Gasteiger partial charge in [0, 0.05) is 12.1 Å². The zero-order chi connectivity index (χ0) is 23.7. The first kappa shape index (κ1) is 22.6. The molecule has 0 radical (unpaired) electrons. The molecule has 170 valence electrons. The molecular weight excluding hydrogens is 516 g/mol. The number of hydrogen-bond donors (Lipinski definition) is 3. The minimum Gasteiger partial charge on any atom is -0.503 e. The van der Waals surface area contributed by atoms with Crippen LogP contribution in [0.1, 0.15) is 11.1 Å². The number of halogens is 2. The Hall–Kier alpha value is -3.57. The van der Waals surface area contributed by atoms with Crippen LogP contribution in [0, 0.1) is 0 Å². The second kappa shape index (κ2) is 9.12. The van der Waals surface area contributed by atoms with Gasteiger partial charge in [-0.15, -0.1) is 0 Å². The van der Waals surface area contributed by atoms with Crippen LogP contribution in [0.4, 0.5) is 5.95 Å². The molecule has 2 aromatic carbocycles. The molecule has 0 aliphatic rings. The molecule has 0 amide bonds. The maximum absolute atomic E-state index is 12.6. The zero-order valence-corrected chi connectivity index (χ0v) is 19.8. The van der Waals surface area contributed by atoms with Gasteiger partial charge < -0.3 is 9.84 Å². The molecule has 0 aliphatic carbocycles. The number of benzene rings is 2. The van der Waals surface area contributed by atoms with Crippen molar-refractivity contribution in [1.29, 1.82) is 0 Å². The summed E-state index contributed by atoms with van der Waals surface area (Å²) in [5.41, 5.74) is 3.64. The molecule has 12 heteroatoms. The van der Waals surface area contributed by atoms with Crippen LogP contribution in [0.15, 0.2) is 55.6 Å².